The zero-order valence-electron chi connectivity index (χ0n) is 10.0. The topological polar surface area (TPSA) is 75.4 Å². The summed E-state index contributed by atoms with van der Waals surface area (Å²) >= 11 is 11.2. The third-order valence-electron chi connectivity index (χ3n) is 2.95. The maximum absolute atomic E-state index is 11.4. The van der Waals surface area contributed by atoms with Gasteiger partial charge in [-0.25, -0.2) is 14.3 Å². The maximum atomic E-state index is 11.4. The first-order valence-electron chi connectivity index (χ1n) is 5.69. The first kappa shape index (κ1) is 14.5. The summed E-state index contributed by atoms with van der Waals surface area (Å²) in [7, 11) is -2.99. The monoisotopic (exact) mass is 319 g/mol. The highest BCUT2D eigenvalue weighted by Gasteiger charge is 2.32. The van der Waals surface area contributed by atoms with Crippen LogP contribution in [0.5, 0.6) is 0 Å². The molecule has 1 fully saturated rings. The van der Waals surface area contributed by atoms with E-state index in [4.69, 9.17) is 29.7 Å². The summed E-state index contributed by atoms with van der Waals surface area (Å²) < 4.78 is 22.8. The van der Waals surface area contributed by atoms with E-state index in [-0.39, 0.29) is 22.7 Å². The van der Waals surface area contributed by atoms with Gasteiger partial charge in [0.2, 0.25) is 0 Å². The third kappa shape index (κ3) is 3.56. The van der Waals surface area contributed by atoms with Crippen LogP contribution in [-0.4, -0.2) is 36.1 Å². The van der Waals surface area contributed by atoms with Gasteiger partial charge in [-0.1, -0.05) is 23.7 Å². The molecule has 1 aromatic carbocycles. The predicted octanol–water partition coefficient (Wildman–Crippen LogP) is 1.40. The van der Waals surface area contributed by atoms with Crippen LogP contribution >= 0.6 is 23.8 Å². The fourth-order valence-electron chi connectivity index (χ4n) is 1.90. The molecule has 1 aliphatic heterocycles. The van der Waals surface area contributed by atoms with Gasteiger partial charge >= 0.3 is 0 Å². The number of hydrogen-bond acceptors (Lipinski definition) is 4. The van der Waals surface area contributed by atoms with Gasteiger partial charge < -0.3 is 5.32 Å². The summed E-state index contributed by atoms with van der Waals surface area (Å²) in [5, 5.41) is 5.00. The van der Waals surface area contributed by atoms with Crippen LogP contribution in [0.4, 0.5) is 5.69 Å². The minimum atomic E-state index is -2.99. The number of sulfone groups is 1. The number of nitrogens with two attached hydrogens (primary N) is 1. The molecular weight excluding hydrogens is 306 g/mol. The molecule has 0 aromatic heterocycles. The van der Waals surface area contributed by atoms with Crippen LogP contribution in [-0.2, 0) is 9.84 Å². The Bertz CT molecular complexity index is 591. The second-order valence-electron chi connectivity index (χ2n) is 4.37. The summed E-state index contributed by atoms with van der Waals surface area (Å²) in [5.41, 5.74) is 0.644. The maximum Gasteiger partial charge on any atom is 0.188 e. The number of rotatable bonds is 2. The van der Waals surface area contributed by atoms with Crippen molar-refractivity contribution in [3.8, 4) is 0 Å². The van der Waals surface area contributed by atoms with E-state index in [0.717, 1.165) is 0 Å². The third-order valence-corrected chi connectivity index (χ3v) is 5.34. The van der Waals surface area contributed by atoms with Gasteiger partial charge in [-0.3, -0.25) is 5.01 Å². The van der Waals surface area contributed by atoms with Crippen LogP contribution in [0.25, 0.3) is 0 Å². The molecule has 2 rings (SSSR count). The number of hydrogen-bond donors (Lipinski definition) is 2. The lowest BCUT2D eigenvalue weighted by molar-refractivity contribution is 0.352. The average Bonchev–Trinajstić information content (AvgIpc) is 2.71. The first-order valence-corrected chi connectivity index (χ1v) is 8.30. The number of anilines is 1. The Kier molecular flexibility index (Phi) is 4.29. The van der Waals surface area contributed by atoms with Crippen molar-refractivity contribution in [1.29, 1.82) is 0 Å². The molecule has 1 unspecified atom stereocenters. The van der Waals surface area contributed by atoms with Gasteiger partial charge in [-0.15, -0.1) is 0 Å². The second kappa shape index (κ2) is 5.62. The van der Waals surface area contributed by atoms with Crippen molar-refractivity contribution in [2.75, 3.05) is 16.8 Å². The lowest BCUT2D eigenvalue weighted by Gasteiger charge is -2.25. The highest BCUT2D eigenvalue weighted by atomic mass is 35.5. The Hall–Kier alpha value is -0.890. The molecule has 0 saturated carbocycles. The lowest BCUT2D eigenvalue weighted by atomic mass is 10.2. The minimum absolute atomic E-state index is 0.0356. The van der Waals surface area contributed by atoms with Crippen LogP contribution < -0.4 is 11.2 Å². The van der Waals surface area contributed by atoms with Crippen molar-refractivity contribution in [2.24, 2.45) is 5.84 Å². The zero-order chi connectivity index (χ0) is 14.0. The number of benzene rings is 1. The number of halogens is 1. The molecule has 1 heterocycles. The Balaban J connectivity index is 2.03. The summed E-state index contributed by atoms with van der Waals surface area (Å²) in [6, 6.07) is 6.84. The van der Waals surface area contributed by atoms with E-state index in [1.54, 1.807) is 18.2 Å². The van der Waals surface area contributed by atoms with Crippen LogP contribution in [0.3, 0.4) is 0 Å². The van der Waals surface area contributed by atoms with Gasteiger partial charge in [-0.05, 0) is 30.8 Å². The Labute approximate surface area is 122 Å². The van der Waals surface area contributed by atoms with Crippen molar-refractivity contribution in [2.45, 2.75) is 12.5 Å². The van der Waals surface area contributed by atoms with Gasteiger partial charge in [0.25, 0.3) is 0 Å². The van der Waals surface area contributed by atoms with Crippen LogP contribution in [0, 0.1) is 0 Å². The van der Waals surface area contributed by atoms with E-state index >= 15 is 0 Å². The highest BCUT2D eigenvalue weighted by molar-refractivity contribution is 7.91. The molecule has 1 aliphatic rings. The molecule has 19 heavy (non-hydrogen) atoms. The molecule has 3 N–H and O–H groups in total. The molecule has 5 nitrogen and oxygen atoms in total. The number of para-hydroxylation sites is 1. The predicted molar refractivity (Wildman–Crippen MR) is 80.8 cm³/mol. The van der Waals surface area contributed by atoms with E-state index in [2.05, 4.69) is 5.32 Å². The fraction of sp³-hybridized carbons (Fsp3) is 0.364. The molecule has 0 amide bonds. The van der Waals surface area contributed by atoms with E-state index in [1.807, 2.05) is 6.07 Å². The molecular formula is C11H14ClN3O2S2. The molecule has 8 heteroatoms. The Morgan fingerprint density at radius 1 is 1.47 bits per heavy atom. The van der Waals surface area contributed by atoms with Crippen LogP contribution in [0.1, 0.15) is 6.42 Å². The molecule has 0 radical (unpaired) electrons. The van der Waals surface area contributed by atoms with Gasteiger partial charge in [0.1, 0.15) is 0 Å². The van der Waals surface area contributed by atoms with Gasteiger partial charge in [0.05, 0.1) is 28.3 Å². The van der Waals surface area contributed by atoms with Crippen LogP contribution in [0.15, 0.2) is 24.3 Å². The largest absolute Gasteiger partial charge is 0.330 e. The number of hydrazine groups is 1. The van der Waals surface area contributed by atoms with E-state index in [0.29, 0.717) is 17.1 Å². The molecule has 1 saturated heterocycles. The molecule has 0 spiro atoms. The zero-order valence-corrected chi connectivity index (χ0v) is 12.4. The first-order chi connectivity index (χ1) is 8.89. The van der Waals surface area contributed by atoms with Gasteiger partial charge in [0.15, 0.2) is 14.9 Å². The lowest BCUT2D eigenvalue weighted by Crippen LogP contribution is -2.48. The van der Waals surface area contributed by atoms with Crippen molar-refractivity contribution >= 4 is 44.5 Å². The van der Waals surface area contributed by atoms with Crippen molar-refractivity contribution in [3.63, 3.8) is 0 Å². The second-order valence-corrected chi connectivity index (χ2v) is 7.40. The number of nitrogens with zero attached hydrogens (tertiary/aromatic N) is 1. The summed E-state index contributed by atoms with van der Waals surface area (Å²) in [5.74, 6) is 6.05. The van der Waals surface area contributed by atoms with E-state index < -0.39 is 9.84 Å². The minimum Gasteiger partial charge on any atom is -0.330 e. The van der Waals surface area contributed by atoms with E-state index in [1.165, 1.54) is 5.01 Å². The average molecular weight is 320 g/mol. The van der Waals surface area contributed by atoms with E-state index in [9.17, 15) is 8.42 Å². The molecule has 1 atom stereocenters. The molecule has 104 valence electrons. The van der Waals surface area contributed by atoms with Crippen molar-refractivity contribution in [1.82, 2.24) is 5.01 Å². The molecule has 1 aromatic rings. The van der Waals surface area contributed by atoms with Gasteiger partial charge in [-0.2, -0.15) is 0 Å². The standard InChI is InChI=1S/C11H14ClN3O2S2/c12-9-3-1-2-4-10(9)14-11(18)15(13)8-5-6-19(16,17)7-8/h1-4,8H,5-7,13H2,(H,14,18). The fourth-order valence-corrected chi connectivity index (χ4v) is 4.06. The normalized spacial score (nSPS) is 21.1. The number of thiocarbonyl (C=S) groups is 1. The van der Waals surface area contributed by atoms with Gasteiger partial charge in [0, 0.05) is 0 Å². The van der Waals surface area contributed by atoms with Crippen LogP contribution in [0.2, 0.25) is 5.02 Å². The van der Waals surface area contributed by atoms with Crippen molar-refractivity contribution in [3.05, 3.63) is 29.3 Å². The summed E-state index contributed by atoms with van der Waals surface area (Å²) in [6.07, 6.45) is 0.489. The smallest absolute Gasteiger partial charge is 0.188 e. The Morgan fingerprint density at radius 2 is 2.16 bits per heavy atom. The SMILES string of the molecule is NN(C(=S)Nc1ccccc1Cl)C1CCS(=O)(=O)C1. The number of nitrogens with one attached hydrogen (secondary N) is 1. The quantitative estimate of drug-likeness (QED) is 0.487. The molecule has 0 bridgehead atoms. The highest BCUT2D eigenvalue weighted by Crippen LogP contribution is 2.22. The summed E-state index contributed by atoms with van der Waals surface area (Å²) in [4.78, 5) is 0. The Morgan fingerprint density at radius 3 is 2.74 bits per heavy atom. The summed E-state index contributed by atoms with van der Waals surface area (Å²) in [6.45, 7) is 0. The molecule has 0 aliphatic carbocycles. The van der Waals surface area contributed by atoms with Crippen molar-refractivity contribution < 1.29 is 8.42 Å².